The van der Waals surface area contributed by atoms with Gasteiger partial charge in [-0.3, -0.25) is 4.79 Å². The molecule has 1 aromatic heterocycles. The Labute approximate surface area is 202 Å². The van der Waals surface area contributed by atoms with Crippen LogP contribution in [0.4, 0.5) is 0 Å². The normalized spacial score (nSPS) is 11.2. The number of aromatic amines is 1. The van der Waals surface area contributed by atoms with E-state index in [0.717, 1.165) is 61.2 Å². The molecule has 2 N–H and O–H groups in total. The molecule has 3 rings (SSSR count). The number of H-pyrrole nitrogens is 1. The van der Waals surface area contributed by atoms with E-state index >= 15 is 0 Å². The van der Waals surface area contributed by atoms with Crippen molar-refractivity contribution >= 4 is 28.2 Å². The average Bonchev–Trinajstić information content (AvgIpc) is 2.82. The zero-order valence-corrected chi connectivity index (χ0v) is 21.1. The second-order valence-corrected chi connectivity index (χ2v) is 8.90. The van der Waals surface area contributed by atoms with Crippen molar-refractivity contribution in [2.45, 2.75) is 40.7 Å². The van der Waals surface area contributed by atoms with Crippen molar-refractivity contribution in [3.8, 4) is 0 Å². The van der Waals surface area contributed by atoms with E-state index in [1.165, 1.54) is 11.1 Å². The fraction of sp³-hybridized carbons (Fsp3) is 0.407. The number of likely N-dealkylation sites (N-methyl/N-ethyl adjacent to an activating group) is 1. The summed E-state index contributed by atoms with van der Waals surface area (Å²) in [5, 5.41) is 5.16. The van der Waals surface area contributed by atoms with Crippen LogP contribution in [0.25, 0.3) is 10.9 Å². The van der Waals surface area contributed by atoms with Crippen molar-refractivity contribution in [3.05, 3.63) is 81.1 Å². The lowest BCUT2D eigenvalue weighted by Gasteiger charge is -2.29. The minimum atomic E-state index is -0.0453. The van der Waals surface area contributed by atoms with Gasteiger partial charge in [-0.1, -0.05) is 56.3 Å². The van der Waals surface area contributed by atoms with Gasteiger partial charge >= 0.3 is 0 Å². The van der Waals surface area contributed by atoms with Crippen LogP contribution in [-0.4, -0.2) is 52.6 Å². The number of nitrogens with zero attached hydrogens (tertiary/aromatic N) is 2. The number of hydrogen-bond acceptors (Lipinski definition) is 3. The summed E-state index contributed by atoms with van der Waals surface area (Å²) in [6.45, 7) is 13.4. The van der Waals surface area contributed by atoms with Crippen molar-refractivity contribution < 1.29 is 0 Å². The van der Waals surface area contributed by atoms with Crippen LogP contribution in [-0.2, 0) is 13.0 Å². The highest BCUT2D eigenvalue weighted by molar-refractivity contribution is 7.80. The topological polar surface area (TPSA) is 51.4 Å². The molecule has 0 fully saturated rings. The van der Waals surface area contributed by atoms with Crippen LogP contribution in [0.5, 0.6) is 0 Å². The molecule has 2 aromatic carbocycles. The first-order chi connectivity index (χ1) is 15.9. The van der Waals surface area contributed by atoms with Gasteiger partial charge in [-0.05, 0) is 73.7 Å². The van der Waals surface area contributed by atoms with Crippen LogP contribution in [0.1, 0.15) is 36.1 Å². The molecule has 0 unspecified atom stereocenters. The number of nitrogens with one attached hydrogen (secondary N) is 2. The quantitative estimate of drug-likeness (QED) is 0.436. The Balaban J connectivity index is 1.76. The van der Waals surface area contributed by atoms with E-state index in [2.05, 4.69) is 84.2 Å². The van der Waals surface area contributed by atoms with Gasteiger partial charge in [0.05, 0.1) is 12.1 Å². The van der Waals surface area contributed by atoms with E-state index < -0.39 is 0 Å². The molecule has 0 aliphatic rings. The van der Waals surface area contributed by atoms with Gasteiger partial charge in [0.15, 0.2) is 5.11 Å². The lowest BCUT2D eigenvalue weighted by atomic mass is 10.0. The molecule has 6 heteroatoms. The molecule has 0 aliphatic heterocycles. The standard InChI is InChI=1S/C27H36N4OS/c1-5-30(6-2)16-17-31(27(33)28-15-14-22-10-8-7-9-11-22)19-24-18-23-13-12-20(3)21(4)25(23)29-26(24)32/h7-13,18H,5-6,14-17,19H2,1-4H3,(H,28,33)(H,29,32). The van der Waals surface area contributed by atoms with Crippen LogP contribution < -0.4 is 10.9 Å². The number of aromatic nitrogens is 1. The van der Waals surface area contributed by atoms with Gasteiger partial charge in [0, 0.05) is 25.2 Å². The highest BCUT2D eigenvalue weighted by Crippen LogP contribution is 2.19. The number of pyridine rings is 1. The van der Waals surface area contributed by atoms with Crippen molar-refractivity contribution in [1.29, 1.82) is 0 Å². The smallest absolute Gasteiger partial charge is 0.253 e. The lowest BCUT2D eigenvalue weighted by molar-refractivity contribution is 0.263. The highest BCUT2D eigenvalue weighted by Gasteiger charge is 2.15. The summed E-state index contributed by atoms with van der Waals surface area (Å²) in [5.41, 5.74) is 5.18. The molecular weight excluding hydrogens is 428 g/mol. The van der Waals surface area contributed by atoms with Crippen molar-refractivity contribution in [2.24, 2.45) is 0 Å². The van der Waals surface area contributed by atoms with E-state index in [9.17, 15) is 4.79 Å². The maximum absolute atomic E-state index is 12.9. The van der Waals surface area contributed by atoms with Gasteiger partial charge in [-0.2, -0.15) is 0 Å². The van der Waals surface area contributed by atoms with Crippen LogP contribution in [0.3, 0.4) is 0 Å². The summed E-state index contributed by atoms with van der Waals surface area (Å²) in [5.74, 6) is 0. The van der Waals surface area contributed by atoms with Crippen molar-refractivity contribution in [3.63, 3.8) is 0 Å². The molecule has 0 radical (unpaired) electrons. The molecule has 0 spiro atoms. The number of thiocarbonyl (C=S) groups is 1. The molecule has 1 heterocycles. The van der Waals surface area contributed by atoms with E-state index in [1.54, 1.807) is 0 Å². The summed E-state index contributed by atoms with van der Waals surface area (Å²) < 4.78 is 0. The second kappa shape index (κ2) is 12.0. The summed E-state index contributed by atoms with van der Waals surface area (Å²) in [4.78, 5) is 20.5. The predicted molar refractivity (Wildman–Crippen MR) is 143 cm³/mol. The fourth-order valence-corrected chi connectivity index (χ4v) is 4.28. The summed E-state index contributed by atoms with van der Waals surface area (Å²) in [6.07, 6.45) is 0.903. The number of hydrogen-bond donors (Lipinski definition) is 2. The first kappa shape index (κ1) is 24.9. The van der Waals surface area contributed by atoms with E-state index in [1.807, 2.05) is 12.1 Å². The maximum atomic E-state index is 12.9. The Morgan fingerprint density at radius 2 is 1.76 bits per heavy atom. The van der Waals surface area contributed by atoms with E-state index in [4.69, 9.17) is 12.2 Å². The van der Waals surface area contributed by atoms with Gasteiger partial charge < -0.3 is 20.1 Å². The highest BCUT2D eigenvalue weighted by atomic mass is 32.1. The predicted octanol–water partition coefficient (Wildman–Crippen LogP) is 4.41. The Morgan fingerprint density at radius 1 is 1.03 bits per heavy atom. The third-order valence-corrected chi connectivity index (χ3v) is 6.79. The molecule has 0 aliphatic carbocycles. The maximum Gasteiger partial charge on any atom is 0.253 e. The lowest BCUT2D eigenvalue weighted by Crippen LogP contribution is -2.44. The van der Waals surface area contributed by atoms with Crippen LogP contribution in [0.2, 0.25) is 0 Å². The minimum absolute atomic E-state index is 0.0453. The average molecular weight is 465 g/mol. The zero-order valence-electron chi connectivity index (χ0n) is 20.3. The third-order valence-electron chi connectivity index (χ3n) is 6.39. The minimum Gasteiger partial charge on any atom is -0.362 e. The Kier molecular flexibility index (Phi) is 9.03. The molecule has 0 amide bonds. The molecule has 5 nitrogen and oxygen atoms in total. The molecule has 3 aromatic rings. The van der Waals surface area contributed by atoms with Gasteiger partial charge in [-0.15, -0.1) is 0 Å². The van der Waals surface area contributed by atoms with Gasteiger partial charge in [0.2, 0.25) is 0 Å². The Morgan fingerprint density at radius 3 is 2.45 bits per heavy atom. The fourth-order valence-electron chi connectivity index (χ4n) is 4.02. The van der Waals surface area contributed by atoms with Gasteiger partial charge in [0.25, 0.3) is 5.56 Å². The Hall–Kier alpha value is -2.70. The van der Waals surface area contributed by atoms with E-state index in [0.29, 0.717) is 11.7 Å². The number of rotatable bonds is 10. The second-order valence-electron chi connectivity index (χ2n) is 8.51. The zero-order chi connectivity index (χ0) is 23.8. The molecule has 0 bridgehead atoms. The number of benzene rings is 2. The first-order valence-electron chi connectivity index (χ1n) is 11.8. The molecule has 33 heavy (non-hydrogen) atoms. The molecular formula is C27H36N4OS. The summed E-state index contributed by atoms with van der Waals surface area (Å²) in [7, 11) is 0. The van der Waals surface area contributed by atoms with Crippen molar-refractivity contribution in [2.75, 3.05) is 32.7 Å². The molecule has 176 valence electrons. The molecule has 0 saturated carbocycles. The van der Waals surface area contributed by atoms with E-state index in [-0.39, 0.29) is 5.56 Å². The summed E-state index contributed by atoms with van der Waals surface area (Å²) >= 11 is 5.78. The van der Waals surface area contributed by atoms with Crippen LogP contribution in [0, 0.1) is 13.8 Å². The number of fused-ring (bicyclic) bond motifs is 1. The van der Waals surface area contributed by atoms with Crippen molar-refractivity contribution in [1.82, 2.24) is 20.1 Å². The molecule has 0 atom stereocenters. The summed E-state index contributed by atoms with van der Waals surface area (Å²) in [6, 6.07) is 16.6. The third kappa shape index (κ3) is 6.65. The first-order valence-corrected chi connectivity index (χ1v) is 12.2. The van der Waals surface area contributed by atoms with Gasteiger partial charge in [0.1, 0.15) is 0 Å². The SMILES string of the molecule is CCN(CC)CCN(Cc1cc2ccc(C)c(C)c2[nH]c1=O)C(=S)NCCc1ccccc1. The largest absolute Gasteiger partial charge is 0.362 e. The van der Waals surface area contributed by atoms with Crippen LogP contribution >= 0.6 is 12.2 Å². The van der Waals surface area contributed by atoms with Crippen LogP contribution in [0.15, 0.2) is 53.3 Å². The molecule has 0 saturated heterocycles. The number of aryl methyl sites for hydroxylation is 2. The Bertz CT molecular complexity index is 1120. The van der Waals surface area contributed by atoms with Gasteiger partial charge in [-0.25, -0.2) is 0 Å². The monoisotopic (exact) mass is 464 g/mol.